The molecule has 18 heavy (non-hydrogen) atoms. The zero-order valence-electron chi connectivity index (χ0n) is 10.1. The van der Waals surface area contributed by atoms with E-state index in [1.165, 1.54) is 23.1 Å². The lowest BCUT2D eigenvalue weighted by Gasteiger charge is -2.08. The molecule has 9 heteroatoms. The molecule has 0 aliphatic carbocycles. The Bertz CT molecular complexity index is 551. The Balaban J connectivity index is 1.95. The summed E-state index contributed by atoms with van der Waals surface area (Å²) in [4.78, 5) is 11.9. The monoisotopic (exact) mass is 284 g/mol. The first-order valence-corrected chi connectivity index (χ1v) is 6.87. The Kier molecular flexibility index (Phi) is 3.92. The van der Waals surface area contributed by atoms with Crippen molar-refractivity contribution in [3.8, 4) is 0 Å². The standard InChI is InChI=1S/C9H12N6OS2/c1-5(17-9-14-10-4-15(9)3)7(16)11-8-13-12-6(2)18-8/h4-5H,1-3H3,(H,11,13,16)/t5-/m0/s1. The average Bonchev–Trinajstić information content (AvgIpc) is 2.89. The molecular weight excluding hydrogens is 272 g/mol. The van der Waals surface area contributed by atoms with Gasteiger partial charge < -0.3 is 4.57 Å². The zero-order valence-corrected chi connectivity index (χ0v) is 11.7. The van der Waals surface area contributed by atoms with Gasteiger partial charge >= 0.3 is 0 Å². The maximum atomic E-state index is 11.9. The lowest BCUT2D eigenvalue weighted by Crippen LogP contribution is -2.22. The number of carbonyl (C=O) groups excluding carboxylic acids is 1. The number of hydrogen-bond donors (Lipinski definition) is 1. The zero-order chi connectivity index (χ0) is 13.1. The number of thioether (sulfide) groups is 1. The lowest BCUT2D eigenvalue weighted by molar-refractivity contribution is -0.115. The van der Waals surface area contributed by atoms with Gasteiger partial charge in [-0.25, -0.2) is 0 Å². The fourth-order valence-corrected chi connectivity index (χ4v) is 2.53. The highest BCUT2D eigenvalue weighted by Gasteiger charge is 2.18. The Hall–Kier alpha value is -1.48. The SMILES string of the molecule is Cc1nnc(NC(=O)[C@H](C)Sc2nncn2C)s1. The van der Waals surface area contributed by atoms with Gasteiger partial charge in [0.15, 0.2) is 5.16 Å². The second-order valence-corrected chi connectivity index (χ2v) is 6.09. The van der Waals surface area contributed by atoms with E-state index in [-0.39, 0.29) is 11.2 Å². The molecule has 0 saturated heterocycles. The van der Waals surface area contributed by atoms with Gasteiger partial charge in [0.05, 0.1) is 5.25 Å². The van der Waals surface area contributed by atoms with Crippen LogP contribution in [0.15, 0.2) is 11.5 Å². The second kappa shape index (κ2) is 5.44. The van der Waals surface area contributed by atoms with E-state index in [1.54, 1.807) is 10.9 Å². The molecule has 0 unspecified atom stereocenters. The molecule has 2 aromatic rings. The molecule has 0 spiro atoms. The minimum atomic E-state index is -0.280. The summed E-state index contributed by atoms with van der Waals surface area (Å²) in [5.41, 5.74) is 0. The third-order valence-corrected chi connectivity index (χ3v) is 3.98. The molecule has 2 heterocycles. The van der Waals surface area contributed by atoms with Crippen molar-refractivity contribution >= 4 is 34.1 Å². The lowest BCUT2D eigenvalue weighted by atomic mass is 10.4. The van der Waals surface area contributed by atoms with Gasteiger partial charge in [-0.2, -0.15) is 0 Å². The first-order valence-electron chi connectivity index (χ1n) is 5.18. The predicted octanol–water partition coefficient (Wildman–Crippen LogP) is 1.09. The van der Waals surface area contributed by atoms with Crippen LogP contribution in [0.3, 0.4) is 0 Å². The number of nitrogens with zero attached hydrogens (tertiary/aromatic N) is 5. The van der Waals surface area contributed by atoms with Crippen molar-refractivity contribution < 1.29 is 4.79 Å². The number of aromatic nitrogens is 5. The maximum absolute atomic E-state index is 11.9. The van der Waals surface area contributed by atoms with Crippen LogP contribution in [0.25, 0.3) is 0 Å². The quantitative estimate of drug-likeness (QED) is 0.846. The second-order valence-electron chi connectivity index (χ2n) is 3.60. The van der Waals surface area contributed by atoms with Crippen molar-refractivity contribution in [1.29, 1.82) is 0 Å². The Labute approximate surface area is 112 Å². The summed E-state index contributed by atoms with van der Waals surface area (Å²) >= 11 is 2.69. The fraction of sp³-hybridized carbons (Fsp3) is 0.444. The van der Waals surface area contributed by atoms with Crippen molar-refractivity contribution in [2.45, 2.75) is 24.3 Å². The van der Waals surface area contributed by atoms with E-state index in [4.69, 9.17) is 0 Å². The fourth-order valence-electron chi connectivity index (χ4n) is 1.15. The van der Waals surface area contributed by atoms with Crippen LogP contribution in [0, 0.1) is 6.92 Å². The summed E-state index contributed by atoms with van der Waals surface area (Å²) in [6.07, 6.45) is 1.60. The summed E-state index contributed by atoms with van der Waals surface area (Å²) in [5.74, 6) is -0.126. The van der Waals surface area contributed by atoms with Crippen molar-refractivity contribution in [3.63, 3.8) is 0 Å². The molecule has 0 fully saturated rings. The average molecular weight is 284 g/mol. The van der Waals surface area contributed by atoms with E-state index >= 15 is 0 Å². The number of rotatable bonds is 4. The molecule has 96 valence electrons. The summed E-state index contributed by atoms with van der Waals surface area (Å²) < 4.78 is 1.77. The van der Waals surface area contributed by atoms with Crippen LogP contribution in [0.2, 0.25) is 0 Å². The van der Waals surface area contributed by atoms with Crippen molar-refractivity contribution in [1.82, 2.24) is 25.0 Å². The molecule has 0 bridgehead atoms. The summed E-state index contributed by atoms with van der Waals surface area (Å²) in [7, 11) is 1.83. The van der Waals surface area contributed by atoms with E-state index in [2.05, 4.69) is 25.7 Å². The number of carbonyl (C=O) groups is 1. The predicted molar refractivity (Wildman–Crippen MR) is 69.6 cm³/mol. The van der Waals surface area contributed by atoms with Gasteiger partial charge in [-0.3, -0.25) is 10.1 Å². The highest BCUT2D eigenvalue weighted by molar-refractivity contribution is 8.00. The van der Waals surface area contributed by atoms with Crippen molar-refractivity contribution in [2.24, 2.45) is 7.05 Å². The van der Waals surface area contributed by atoms with Crippen molar-refractivity contribution in [2.75, 3.05) is 5.32 Å². The number of amides is 1. The third kappa shape index (κ3) is 3.05. The van der Waals surface area contributed by atoms with E-state index in [1.807, 2.05) is 20.9 Å². The van der Waals surface area contributed by atoms with Gasteiger partial charge in [-0.1, -0.05) is 23.1 Å². The number of nitrogens with one attached hydrogen (secondary N) is 1. The third-order valence-electron chi connectivity index (χ3n) is 2.08. The van der Waals surface area contributed by atoms with Crippen LogP contribution in [-0.2, 0) is 11.8 Å². The molecule has 0 aliphatic rings. The van der Waals surface area contributed by atoms with Gasteiger partial charge in [-0.15, -0.1) is 20.4 Å². The minimum absolute atomic E-state index is 0.126. The molecule has 0 saturated carbocycles. The minimum Gasteiger partial charge on any atom is -0.312 e. The number of aryl methyl sites for hydroxylation is 2. The molecular formula is C9H12N6OS2. The molecule has 2 aromatic heterocycles. The maximum Gasteiger partial charge on any atom is 0.239 e. The van der Waals surface area contributed by atoms with Crippen molar-refractivity contribution in [3.05, 3.63) is 11.3 Å². The molecule has 7 nitrogen and oxygen atoms in total. The van der Waals surface area contributed by atoms with Crippen LogP contribution in [0.1, 0.15) is 11.9 Å². The van der Waals surface area contributed by atoms with E-state index < -0.39 is 0 Å². The van der Waals surface area contributed by atoms with Crippen LogP contribution >= 0.6 is 23.1 Å². The molecule has 0 aliphatic heterocycles. The number of anilines is 1. The van der Waals surface area contributed by atoms with Crippen LogP contribution in [-0.4, -0.2) is 36.1 Å². The van der Waals surface area contributed by atoms with Gasteiger partial charge in [0, 0.05) is 7.05 Å². The Morgan fingerprint density at radius 1 is 1.50 bits per heavy atom. The normalized spacial score (nSPS) is 12.4. The van der Waals surface area contributed by atoms with Gasteiger partial charge in [-0.05, 0) is 13.8 Å². The molecule has 1 amide bonds. The molecule has 0 radical (unpaired) electrons. The summed E-state index contributed by atoms with van der Waals surface area (Å²) in [6.45, 7) is 3.65. The number of hydrogen-bond acceptors (Lipinski definition) is 7. The van der Waals surface area contributed by atoms with Gasteiger partial charge in [0.2, 0.25) is 11.0 Å². The van der Waals surface area contributed by atoms with E-state index in [0.717, 1.165) is 5.01 Å². The smallest absolute Gasteiger partial charge is 0.239 e. The highest BCUT2D eigenvalue weighted by Crippen LogP contribution is 2.22. The molecule has 2 rings (SSSR count). The summed E-state index contributed by atoms with van der Waals surface area (Å²) in [6, 6.07) is 0. The van der Waals surface area contributed by atoms with Gasteiger partial charge in [0.1, 0.15) is 11.3 Å². The van der Waals surface area contributed by atoms with Crippen LogP contribution in [0.4, 0.5) is 5.13 Å². The molecule has 1 N–H and O–H groups in total. The summed E-state index contributed by atoms with van der Waals surface area (Å²) in [5, 5.41) is 19.8. The highest BCUT2D eigenvalue weighted by atomic mass is 32.2. The van der Waals surface area contributed by atoms with E-state index in [9.17, 15) is 4.79 Å². The topological polar surface area (TPSA) is 85.6 Å². The Morgan fingerprint density at radius 2 is 2.28 bits per heavy atom. The first-order chi connectivity index (χ1) is 8.56. The van der Waals surface area contributed by atoms with Crippen LogP contribution in [0.5, 0.6) is 0 Å². The Morgan fingerprint density at radius 3 is 2.83 bits per heavy atom. The molecule has 0 aromatic carbocycles. The van der Waals surface area contributed by atoms with E-state index in [0.29, 0.717) is 10.3 Å². The first kappa shape index (κ1) is 13.0. The largest absolute Gasteiger partial charge is 0.312 e. The molecule has 1 atom stereocenters. The van der Waals surface area contributed by atoms with Crippen LogP contribution < -0.4 is 5.32 Å². The van der Waals surface area contributed by atoms with Gasteiger partial charge in [0.25, 0.3) is 0 Å².